The van der Waals surface area contributed by atoms with Gasteiger partial charge in [-0.1, -0.05) is 17.7 Å². The summed E-state index contributed by atoms with van der Waals surface area (Å²) in [5.74, 6) is -0.0497. The maximum atomic E-state index is 12.8. The molecule has 0 bridgehead atoms. The number of thiophene rings is 1. The highest BCUT2D eigenvalue weighted by molar-refractivity contribution is 7.18. The summed E-state index contributed by atoms with van der Waals surface area (Å²) in [4.78, 5) is 32.0. The third-order valence-electron chi connectivity index (χ3n) is 4.70. The number of Topliss-reactive ketones (excluding diaryl/α,β-unsaturated/α-hetero) is 1. The first-order valence-electron chi connectivity index (χ1n) is 8.15. The van der Waals surface area contributed by atoms with E-state index in [9.17, 15) is 9.59 Å². The molecule has 3 aromatic rings. The van der Waals surface area contributed by atoms with E-state index in [0.717, 1.165) is 46.2 Å². The zero-order valence-corrected chi connectivity index (χ0v) is 14.6. The molecule has 0 amide bonds. The lowest BCUT2D eigenvalue weighted by atomic mass is 10.0. The smallest absolute Gasteiger partial charge is 0.262 e. The molecular formula is C19H18N2O2S. The second kappa shape index (κ2) is 5.67. The van der Waals surface area contributed by atoms with Crippen LogP contribution >= 0.6 is 11.3 Å². The van der Waals surface area contributed by atoms with E-state index in [-0.39, 0.29) is 17.9 Å². The molecule has 0 saturated carbocycles. The quantitative estimate of drug-likeness (QED) is 0.687. The van der Waals surface area contributed by atoms with E-state index < -0.39 is 0 Å². The van der Waals surface area contributed by atoms with Gasteiger partial charge < -0.3 is 0 Å². The number of rotatable bonds is 3. The standard InChI is InChI=1S/C19H18N2O2S/c1-11-6-7-12(2)14(8-11)15(22)9-21-10-20-18-17(19(21)23)13-4-3-5-16(13)24-18/h6-8,10H,3-5,9H2,1-2H3. The van der Waals surface area contributed by atoms with Crippen molar-refractivity contribution in [3.8, 4) is 0 Å². The predicted octanol–water partition coefficient (Wildman–Crippen LogP) is 3.45. The van der Waals surface area contributed by atoms with E-state index in [4.69, 9.17) is 0 Å². The van der Waals surface area contributed by atoms with E-state index in [1.165, 1.54) is 15.8 Å². The van der Waals surface area contributed by atoms with Crippen LogP contribution < -0.4 is 5.56 Å². The Labute approximate surface area is 143 Å². The highest BCUT2D eigenvalue weighted by Gasteiger charge is 2.22. The summed E-state index contributed by atoms with van der Waals surface area (Å²) in [5, 5.41) is 0.726. The van der Waals surface area contributed by atoms with E-state index >= 15 is 0 Å². The van der Waals surface area contributed by atoms with Gasteiger partial charge >= 0.3 is 0 Å². The van der Waals surface area contributed by atoms with E-state index in [2.05, 4.69) is 4.98 Å². The number of ketones is 1. The summed E-state index contributed by atoms with van der Waals surface area (Å²) < 4.78 is 1.46. The van der Waals surface area contributed by atoms with Gasteiger partial charge in [0.05, 0.1) is 18.3 Å². The van der Waals surface area contributed by atoms with Crippen LogP contribution in [0.2, 0.25) is 0 Å². The van der Waals surface area contributed by atoms with Crippen molar-refractivity contribution in [1.82, 2.24) is 9.55 Å². The molecule has 122 valence electrons. The molecule has 2 heterocycles. The highest BCUT2D eigenvalue weighted by Crippen LogP contribution is 2.34. The van der Waals surface area contributed by atoms with Gasteiger partial charge in [-0.05, 0) is 50.3 Å². The number of hydrogen-bond donors (Lipinski definition) is 0. The largest absolute Gasteiger partial charge is 0.292 e. The molecule has 1 aromatic carbocycles. The molecule has 1 aliphatic rings. The summed E-state index contributed by atoms with van der Waals surface area (Å²) in [5.41, 5.74) is 3.72. The Morgan fingerprint density at radius 3 is 2.96 bits per heavy atom. The number of carbonyl (C=O) groups is 1. The van der Waals surface area contributed by atoms with Gasteiger partial charge in [0.25, 0.3) is 5.56 Å². The minimum Gasteiger partial charge on any atom is -0.292 e. The van der Waals surface area contributed by atoms with Crippen molar-refractivity contribution in [2.45, 2.75) is 39.7 Å². The third kappa shape index (κ3) is 2.40. The van der Waals surface area contributed by atoms with Crippen LogP contribution in [0, 0.1) is 13.8 Å². The van der Waals surface area contributed by atoms with Crippen molar-refractivity contribution >= 4 is 27.3 Å². The van der Waals surface area contributed by atoms with Crippen LogP contribution in [-0.4, -0.2) is 15.3 Å². The SMILES string of the molecule is Cc1ccc(C)c(C(=O)Cn2cnc3sc4c(c3c2=O)CCC4)c1. The summed E-state index contributed by atoms with van der Waals surface area (Å²) in [6.07, 6.45) is 4.60. The van der Waals surface area contributed by atoms with E-state index in [1.54, 1.807) is 11.3 Å². The van der Waals surface area contributed by atoms with Crippen LogP contribution in [0.15, 0.2) is 29.3 Å². The molecule has 0 unspecified atom stereocenters. The number of carbonyl (C=O) groups excluding carboxylic acids is 1. The Balaban J connectivity index is 1.75. The summed E-state index contributed by atoms with van der Waals surface area (Å²) in [6, 6.07) is 5.82. The van der Waals surface area contributed by atoms with Crippen LogP contribution in [0.4, 0.5) is 0 Å². The van der Waals surface area contributed by atoms with Gasteiger partial charge in [-0.25, -0.2) is 4.98 Å². The van der Waals surface area contributed by atoms with Crippen LogP contribution in [0.3, 0.4) is 0 Å². The van der Waals surface area contributed by atoms with Crippen molar-refractivity contribution in [3.05, 3.63) is 62.0 Å². The molecule has 2 aromatic heterocycles. The normalized spacial score (nSPS) is 13.4. The fourth-order valence-electron chi connectivity index (χ4n) is 3.41. The second-order valence-electron chi connectivity index (χ2n) is 6.46. The molecule has 5 heteroatoms. The highest BCUT2D eigenvalue weighted by atomic mass is 32.1. The van der Waals surface area contributed by atoms with Gasteiger partial charge in [0.2, 0.25) is 0 Å². The van der Waals surface area contributed by atoms with Crippen molar-refractivity contribution in [3.63, 3.8) is 0 Å². The molecule has 0 saturated heterocycles. The number of hydrogen-bond acceptors (Lipinski definition) is 4. The Hall–Kier alpha value is -2.27. The van der Waals surface area contributed by atoms with Gasteiger partial charge in [0.1, 0.15) is 4.83 Å². The van der Waals surface area contributed by atoms with Gasteiger partial charge in [-0.3, -0.25) is 14.2 Å². The van der Waals surface area contributed by atoms with Crippen LogP contribution in [0.1, 0.15) is 38.3 Å². The molecule has 4 nitrogen and oxygen atoms in total. The minimum absolute atomic E-state index is 0.0384. The number of benzene rings is 1. The Kier molecular flexibility index (Phi) is 3.61. The first-order valence-corrected chi connectivity index (χ1v) is 8.96. The maximum absolute atomic E-state index is 12.8. The van der Waals surface area contributed by atoms with Gasteiger partial charge in [0.15, 0.2) is 5.78 Å². The number of nitrogens with zero attached hydrogens (tertiary/aromatic N) is 2. The summed E-state index contributed by atoms with van der Waals surface area (Å²) >= 11 is 1.62. The molecular weight excluding hydrogens is 320 g/mol. The first-order chi connectivity index (χ1) is 11.5. The second-order valence-corrected chi connectivity index (χ2v) is 7.54. The minimum atomic E-state index is -0.0851. The average molecular weight is 338 g/mol. The van der Waals surface area contributed by atoms with E-state index in [1.807, 2.05) is 32.0 Å². The fraction of sp³-hybridized carbons (Fsp3) is 0.316. The zero-order chi connectivity index (χ0) is 16.8. The van der Waals surface area contributed by atoms with Crippen LogP contribution in [-0.2, 0) is 19.4 Å². The molecule has 4 rings (SSSR count). The predicted molar refractivity (Wildman–Crippen MR) is 96.2 cm³/mol. The summed E-state index contributed by atoms with van der Waals surface area (Å²) in [7, 11) is 0. The molecule has 0 spiro atoms. The molecule has 0 fully saturated rings. The number of aromatic nitrogens is 2. The van der Waals surface area contributed by atoms with Crippen molar-refractivity contribution in [2.24, 2.45) is 0 Å². The lowest BCUT2D eigenvalue weighted by Gasteiger charge is -2.08. The topological polar surface area (TPSA) is 52.0 Å². The summed E-state index contributed by atoms with van der Waals surface area (Å²) in [6.45, 7) is 3.92. The average Bonchev–Trinajstić information content (AvgIpc) is 3.13. The van der Waals surface area contributed by atoms with Gasteiger partial charge in [-0.15, -0.1) is 11.3 Å². The van der Waals surface area contributed by atoms with Gasteiger partial charge in [-0.2, -0.15) is 0 Å². The molecule has 0 radical (unpaired) electrons. The zero-order valence-electron chi connectivity index (χ0n) is 13.8. The lowest BCUT2D eigenvalue weighted by Crippen LogP contribution is -2.25. The Bertz CT molecular complexity index is 1030. The Morgan fingerprint density at radius 2 is 2.12 bits per heavy atom. The van der Waals surface area contributed by atoms with E-state index in [0.29, 0.717) is 5.56 Å². The third-order valence-corrected chi connectivity index (χ3v) is 5.90. The van der Waals surface area contributed by atoms with Crippen molar-refractivity contribution < 1.29 is 4.79 Å². The van der Waals surface area contributed by atoms with Crippen LogP contribution in [0.25, 0.3) is 10.2 Å². The molecule has 1 aliphatic carbocycles. The molecule has 24 heavy (non-hydrogen) atoms. The maximum Gasteiger partial charge on any atom is 0.262 e. The lowest BCUT2D eigenvalue weighted by molar-refractivity contribution is 0.0970. The monoisotopic (exact) mass is 338 g/mol. The molecule has 0 atom stereocenters. The van der Waals surface area contributed by atoms with Crippen LogP contribution in [0.5, 0.6) is 0 Å². The Morgan fingerprint density at radius 1 is 1.29 bits per heavy atom. The number of aryl methyl sites for hydroxylation is 4. The molecule has 0 aliphatic heterocycles. The van der Waals surface area contributed by atoms with Crippen molar-refractivity contribution in [2.75, 3.05) is 0 Å². The number of fused-ring (bicyclic) bond motifs is 3. The fourth-order valence-corrected chi connectivity index (χ4v) is 4.63. The first kappa shape index (κ1) is 15.3. The van der Waals surface area contributed by atoms with Gasteiger partial charge in [0, 0.05) is 10.4 Å². The van der Waals surface area contributed by atoms with Crippen molar-refractivity contribution in [1.29, 1.82) is 0 Å². The molecule has 0 N–H and O–H groups in total.